The monoisotopic (exact) mass is 196 g/mol. The second kappa shape index (κ2) is 4.45. The lowest BCUT2D eigenvalue weighted by Crippen LogP contribution is -2.14. The fourth-order valence-corrected chi connectivity index (χ4v) is 2.49. The zero-order valence-electron chi connectivity index (χ0n) is 9.21. The number of hydrogen-bond donors (Lipinski definition) is 0. The van der Waals surface area contributed by atoms with Crippen LogP contribution in [0.15, 0.2) is 11.1 Å². The van der Waals surface area contributed by atoms with Crippen molar-refractivity contribution in [2.24, 2.45) is 11.8 Å². The third-order valence-electron chi connectivity index (χ3n) is 3.50. The molecular weight excluding hydrogens is 176 g/mol. The van der Waals surface area contributed by atoms with Gasteiger partial charge in [-0.25, -0.2) is 0 Å². The van der Waals surface area contributed by atoms with Gasteiger partial charge in [0.15, 0.2) is 0 Å². The highest BCUT2D eigenvalue weighted by Gasteiger charge is 2.28. The Morgan fingerprint density at radius 2 is 1.86 bits per heavy atom. The summed E-state index contributed by atoms with van der Waals surface area (Å²) in [4.78, 5) is 0. The zero-order valence-corrected chi connectivity index (χ0v) is 9.21. The van der Waals surface area contributed by atoms with Gasteiger partial charge in [0.05, 0.1) is 19.8 Å². The normalized spacial score (nSPS) is 34.7. The zero-order chi connectivity index (χ0) is 9.97. The largest absolute Gasteiger partial charge is 0.381 e. The second-order valence-electron chi connectivity index (χ2n) is 4.54. The lowest BCUT2D eigenvalue weighted by Gasteiger charge is -2.18. The first-order valence-corrected chi connectivity index (χ1v) is 5.63. The average Bonchev–Trinajstić information content (AvgIpc) is 2.46. The van der Waals surface area contributed by atoms with Gasteiger partial charge >= 0.3 is 0 Å². The van der Waals surface area contributed by atoms with Crippen LogP contribution in [0.25, 0.3) is 0 Å². The average molecular weight is 196 g/mol. The van der Waals surface area contributed by atoms with Crippen LogP contribution in [0.5, 0.6) is 0 Å². The van der Waals surface area contributed by atoms with Gasteiger partial charge in [-0.1, -0.05) is 18.1 Å². The number of hydrogen-bond acceptors (Lipinski definition) is 2. The predicted molar refractivity (Wildman–Crippen MR) is 56.2 cm³/mol. The van der Waals surface area contributed by atoms with Crippen LogP contribution >= 0.6 is 0 Å². The van der Waals surface area contributed by atoms with Crippen LogP contribution in [0.2, 0.25) is 0 Å². The van der Waals surface area contributed by atoms with Gasteiger partial charge in [0.1, 0.15) is 0 Å². The molecule has 2 rings (SSSR count). The van der Waals surface area contributed by atoms with Gasteiger partial charge < -0.3 is 9.47 Å². The Bertz CT molecular complexity index is 232. The summed E-state index contributed by atoms with van der Waals surface area (Å²) in [6.45, 7) is 8.21. The van der Waals surface area contributed by atoms with Crippen molar-refractivity contribution in [1.82, 2.24) is 0 Å². The molecule has 0 bridgehead atoms. The standard InChI is InChI=1S/C12H20O2/c1-9-3-5-13-6-4-11(9)12-8-14-7-10(12)2/h10,12H,3-8H2,1-2H3/t10-,12-/m1/s1. The molecule has 0 radical (unpaired) electrons. The fraction of sp³-hybridized carbons (Fsp3) is 0.833. The van der Waals surface area contributed by atoms with E-state index in [1.165, 1.54) is 0 Å². The van der Waals surface area contributed by atoms with Crippen molar-refractivity contribution in [3.63, 3.8) is 0 Å². The van der Waals surface area contributed by atoms with Crippen LogP contribution in [-0.4, -0.2) is 26.4 Å². The summed E-state index contributed by atoms with van der Waals surface area (Å²) in [7, 11) is 0. The first kappa shape index (κ1) is 10.2. The Morgan fingerprint density at radius 3 is 2.57 bits per heavy atom. The molecule has 0 aromatic carbocycles. The first-order chi connectivity index (χ1) is 6.79. The van der Waals surface area contributed by atoms with E-state index >= 15 is 0 Å². The van der Waals surface area contributed by atoms with E-state index in [0.717, 1.165) is 39.3 Å². The Kier molecular flexibility index (Phi) is 3.24. The third kappa shape index (κ3) is 2.01. The third-order valence-corrected chi connectivity index (χ3v) is 3.50. The van der Waals surface area contributed by atoms with Gasteiger partial charge in [-0.05, 0) is 25.7 Å². The van der Waals surface area contributed by atoms with E-state index in [2.05, 4.69) is 13.8 Å². The van der Waals surface area contributed by atoms with E-state index in [0.29, 0.717) is 11.8 Å². The van der Waals surface area contributed by atoms with E-state index in [9.17, 15) is 0 Å². The Labute approximate surface area is 86.3 Å². The molecule has 0 unspecified atom stereocenters. The molecule has 0 saturated carbocycles. The molecule has 0 spiro atoms. The Hall–Kier alpha value is -0.340. The molecule has 0 N–H and O–H groups in total. The molecule has 2 heterocycles. The van der Waals surface area contributed by atoms with E-state index in [1.54, 1.807) is 11.1 Å². The van der Waals surface area contributed by atoms with Crippen molar-refractivity contribution in [2.75, 3.05) is 26.4 Å². The molecule has 0 aliphatic carbocycles. The van der Waals surface area contributed by atoms with Crippen LogP contribution in [0.3, 0.4) is 0 Å². The van der Waals surface area contributed by atoms with Crippen molar-refractivity contribution in [1.29, 1.82) is 0 Å². The lowest BCUT2D eigenvalue weighted by atomic mass is 9.85. The van der Waals surface area contributed by atoms with E-state index in [4.69, 9.17) is 9.47 Å². The van der Waals surface area contributed by atoms with Gasteiger partial charge in [0, 0.05) is 12.5 Å². The SMILES string of the molecule is CC1=C([C@@H]2COC[C@H]2C)CCOCC1. The minimum absolute atomic E-state index is 0.664. The molecule has 80 valence electrons. The van der Waals surface area contributed by atoms with Crippen LogP contribution in [0.1, 0.15) is 26.7 Å². The van der Waals surface area contributed by atoms with Gasteiger partial charge in [0.2, 0.25) is 0 Å². The number of ether oxygens (including phenoxy) is 2. The highest BCUT2D eigenvalue weighted by atomic mass is 16.5. The topological polar surface area (TPSA) is 18.5 Å². The van der Waals surface area contributed by atoms with E-state index in [-0.39, 0.29) is 0 Å². The fourth-order valence-electron chi connectivity index (χ4n) is 2.49. The maximum Gasteiger partial charge on any atom is 0.0535 e. The smallest absolute Gasteiger partial charge is 0.0535 e. The molecule has 2 heteroatoms. The van der Waals surface area contributed by atoms with Crippen molar-refractivity contribution in [3.8, 4) is 0 Å². The summed E-state index contributed by atoms with van der Waals surface area (Å²) >= 11 is 0. The van der Waals surface area contributed by atoms with E-state index in [1.807, 2.05) is 0 Å². The predicted octanol–water partition coefficient (Wildman–Crippen LogP) is 2.40. The minimum atomic E-state index is 0.664. The molecule has 1 fully saturated rings. The van der Waals surface area contributed by atoms with Crippen molar-refractivity contribution < 1.29 is 9.47 Å². The molecular formula is C12H20O2. The molecule has 0 aromatic rings. The Balaban J connectivity index is 2.13. The van der Waals surface area contributed by atoms with Crippen LogP contribution in [-0.2, 0) is 9.47 Å². The summed E-state index contributed by atoms with van der Waals surface area (Å²) in [5.74, 6) is 1.36. The van der Waals surface area contributed by atoms with Crippen molar-refractivity contribution in [3.05, 3.63) is 11.1 Å². The summed E-state index contributed by atoms with van der Waals surface area (Å²) < 4.78 is 11.0. The van der Waals surface area contributed by atoms with E-state index < -0.39 is 0 Å². The quantitative estimate of drug-likeness (QED) is 0.599. The van der Waals surface area contributed by atoms with Gasteiger partial charge in [-0.15, -0.1) is 0 Å². The molecule has 2 atom stereocenters. The van der Waals surface area contributed by atoms with Crippen molar-refractivity contribution in [2.45, 2.75) is 26.7 Å². The van der Waals surface area contributed by atoms with Crippen LogP contribution < -0.4 is 0 Å². The molecule has 0 aromatic heterocycles. The Morgan fingerprint density at radius 1 is 1.07 bits per heavy atom. The molecule has 0 amide bonds. The summed E-state index contributed by atoms with van der Waals surface area (Å²) in [6.07, 6.45) is 2.22. The molecule has 2 aliphatic heterocycles. The maximum absolute atomic E-state index is 5.54. The van der Waals surface area contributed by atoms with Gasteiger partial charge in [0.25, 0.3) is 0 Å². The highest BCUT2D eigenvalue weighted by molar-refractivity contribution is 5.18. The van der Waals surface area contributed by atoms with Gasteiger partial charge in [-0.2, -0.15) is 0 Å². The summed E-state index contributed by atoms with van der Waals surface area (Å²) in [6, 6.07) is 0. The van der Waals surface area contributed by atoms with Crippen LogP contribution in [0.4, 0.5) is 0 Å². The van der Waals surface area contributed by atoms with Crippen LogP contribution in [0, 0.1) is 11.8 Å². The molecule has 2 aliphatic rings. The molecule has 2 nitrogen and oxygen atoms in total. The summed E-state index contributed by atoms with van der Waals surface area (Å²) in [5.41, 5.74) is 3.16. The highest BCUT2D eigenvalue weighted by Crippen LogP contribution is 2.33. The lowest BCUT2D eigenvalue weighted by molar-refractivity contribution is 0.144. The van der Waals surface area contributed by atoms with Crippen molar-refractivity contribution >= 4 is 0 Å². The summed E-state index contributed by atoms with van der Waals surface area (Å²) in [5, 5.41) is 0. The second-order valence-corrected chi connectivity index (χ2v) is 4.54. The van der Waals surface area contributed by atoms with Gasteiger partial charge in [-0.3, -0.25) is 0 Å². The number of rotatable bonds is 1. The maximum atomic E-state index is 5.54. The minimum Gasteiger partial charge on any atom is -0.381 e. The molecule has 14 heavy (non-hydrogen) atoms. The molecule has 1 saturated heterocycles. The first-order valence-electron chi connectivity index (χ1n) is 5.63.